The molecular weight excluding hydrogens is 562 g/mol. The van der Waals surface area contributed by atoms with Crippen LogP contribution in [0, 0.1) is 13.8 Å². The monoisotopic (exact) mass is 591 g/mol. The van der Waals surface area contributed by atoms with Crippen LogP contribution in [0.3, 0.4) is 0 Å². The van der Waals surface area contributed by atoms with E-state index in [4.69, 9.17) is 26.4 Å². The minimum atomic E-state index is -3.50. The lowest BCUT2D eigenvalue weighted by molar-refractivity contribution is 0.174. The van der Waals surface area contributed by atoms with E-state index in [2.05, 4.69) is 39.5 Å². The second kappa shape index (κ2) is 10.3. The van der Waals surface area contributed by atoms with Crippen LogP contribution in [0.5, 0.6) is 17.2 Å². The van der Waals surface area contributed by atoms with Gasteiger partial charge in [-0.3, -0.25) is 9.71 Å². The van der Waals surface area contributed by atoms with Crippen LogP contribution in [0.15, 0.2) is 66.9 Å². The number of ether oxygens (including phenoxy) is 3. The van der Waals surface area contributed by atoms with Gasteiger partial charge in [-0.2, -0.15) is 0 Å². The normalized spacial score (nSPS) is 18.0. The Bertz CT molecular complexity index is 1760. The first kappa shape index (κ1) is 26.9. The molecule has 2 aliphatic heterocycles. The van der Waals surface area contributed by atoms with Crippen LogP contribution in [0.2, 0.25) is 0 Å². The number of fused-ring (bicyclic) bond motifs is 1. The summed E-state index contributed by atoms with van der Waals surface area (Å²) in [5.74, 6) is 1.82. The highest BCUT2D eigenvalue weighted by Gasteiger charge is 2.42. The molecule has 10 nitrogen and oxygen atoms in total. The number of aryl methyl sites for hydroxylation is 1. The molecule has 0 bridgehead atoms. The molecule has 2 aliphatic rings. The molecule has 0 unspecified atom stereocenters. The van der Waals surface area contributed by atoms with Crippen LogP contribution >= 0.6 is 12.2 Å². The maximum atomic E-state index is 11.9. The van der Waals surface area contributed by atoms with Gasteiger partial charge in [-0.1, -0.05) is 6.07 Å². The van der Waals surface area contributed by atoms with E-state index in [9.17, 15) is 8.42 Å². The van der Waals surface area contributed by atoms with Crippen LogP contribution in [-0.2, 0) is 10.0 Å². The van der Waals surface area contributed by atoms with Gasteiger partial charge in [-0.15, -0.1) is 0 Å². The molecule has 12 heteroatoms. The molecule has 6 rings (SSSR count). The minimum Gasteiger partial charge on any atom is -0.494 e. The Balaban J connectivity index is 1.48. The number of hydrogen-bond acceptors (Lipinski definition) is 7. The minimum absolute atomic E-state index is 0.210. The third-order valence-corrected chi connectivity index (χ3v) is 8.17. The second-order valence-electron chi connectivity index (χ2n) is 9.95. The van der Waals surface area contributed by atoms with E-state index < -0.39 is 10.0 Å². The van der Waals surface area contributed by atoms with Crippen molar-refractivity contribution in [3.05, 3.63) is 89.5 Å². The van der Waals surface area contributed by atoms with Gasteiger partial charge < -0.3 is 29.0 Å². The van der Waals surface area contributed by atoms with Gasteiger partial charge in [0.15, 0.2) is 16.6 Å². The van der Waals surface area contributed by atoms with Gasteiger partial charge in [0.2, 0.25) is 16.8 Å². The van der Waals surface area contributed by atoms with E-state index in [1.54, 1.807) is 18.3 Å². The number of thiocarbonyl (C=S) groups is 1. The van der Waals surface area contributed by atoms with Crippen LogP contribution < -0.4 is 29.1 Å². The van der Waals surface area contributed by atoms with Crippen LogP contribution in [0.25, 0.3) is 5.69 Å². The Hall–Kier alpha value is -4.29. The average molecular weight is 592 g/mol. The predicted octanol–water partition coefficient (Wildman–Crippen LogP) is 4.78. The fourth-order valence-electron chi connectivity index (χ4n) is 5.57. The SMILES string of the molecule is COc1cc(N2C(=S)N[C@@H](c3ccccn3)[C@@H]2c2cc(C)n(-c3ccc4c(c3)OCO4)c2C)ccc1NS(C)(=O)=O. The second-order valence-corrected chi connectivity index (χ2v) is 12.1. The molecule has 2 N–H and O–H groups in total. The summed E-state index contributed by atoms with van der Waals surface area (Å²) in [6.45, 7) is 4.36. The fourth-order valence-corrected chi connectivity index (χ4v) is 6.49. The summed E-state index contributed by atoms with van der Waals surface area (Å²) in [7, 11) is -2.00. The lowest BCUT2D eigenvalue weighted by atomic mass is 9.96. The standard InChI is InChI=1S/C29H29N5O5S2/c1-17-13-21(18(2)33(17)19-9-11-24-26(15-19)39-16-38-24)28-27(23-7-5-6-12-30-23)31-29(40)34(28)20-8-10-22(25(14-20)37-3)32-41(4,35)36/h5-15,27-28,32H,16H2,1-4H3,(H,31,40)/t27-,28-/m0/s1. The van der Waals surface area contributed by atoms with Crippen LogP contribution in [-0.4, -0.2) is 43.2 Å². The highest BCUT2D eigenvalue weighted by Crippen LogP contribution is 2.45. The van der Waals surface area contributed by atoms with Gasteiger partial charge in [-0.25, -0.2) is 8.42 Å². The van der Waals surface area contributed by atoms with Crippen molar-refractivity contribution in [2.75, 3.05) is 29.8 Å². The zero-order valence-electron chi connectivity index (χ0n) is 22.9. The number of pyridine rings is 1. The Morgan fingerprint density at radius 1 is 1.05 bits per heavy atom. The van der Waals surface area contributed by atoms with Gasteiger partial charge in [0.25, 0.3) is 0 Å². The van der Waals surface area contributed by atoms with Crippen molar-refractivity contribution >= 4 is 38.7 Å². The Labute approximate surface area is 243 Å². The number of aromatic nitrogens is 2. The van der Waals surface area contributed by atoms with Gasteiger partial charge in [0, 0.05) is 41.1 Å². The lowest BCUT2D eigenvalue weighted by Crippen LogP contribution is -2.29. The highest BCUT2D eigenvalue weighted by molar-refractivity contribution is 7.92. The number of nitrogens with one attached hydrogen (secondary N) is 2. The summed E-state index contributed by atoms with van der Waals surface area (Å²) in [5.41, 5.74) is 6.02. The summed E-state index contributed by atoms with van der Waals surface area (Å²) < 4.78 is 45.2. The maximum Gasteiger partial charge on any atom is 0.231 e. The Kier molecular flexibility index (Phi) is 6.74. The molecular formula is C29H29N5O5S2. The maximum absolute atomic E-state index is 11.9. The van der Waals surface area contributed by atoms with E-state index in [-0.39, 0.29) is 18.9 Å². The summed E-state index contributed by atoms with van der Waals surface area (Å²) in [6, 6.07) is 18.7. The number of benzene rings is 2. The summed E-state index contributed by atoms with van der Waals surface area (Å²) in [6.07, 6.45) is 2.87. The predicted molar refractivity (Wildman–Crippen MR) is 161 cm³/mol. The molecule has 4 heterocycles. The Morgan fingerprint density at radius 2 is 1.83 bits per heavy atom. The Morgan fingerprint density at radius 3 is 2.56 bits per heavy atom. The van der Waals surface area contributed by atoms with Crippen molar-refractivity contribution in [2.45, 2.75) is 25.9 Å². The first-order valence-corrected chi connectivity index (χ1v) is 15.2. The first-order valence-electron chi connectivity index (χ1n) is 12.9. The van der Waals surface area contributed by atoms with Crippen molar-refractivity contribution in [2.24, 2.45) is 0 Å². The van der Waals surface area contributed by atoms with Crippen molar-refractivity contribution < 1.29 is 22.6 Å². The molecule has 0 spiro atoms. The van der Waals surface area contributed by atoms with E-state index in [1.807, 2.05) is 47.4 Å². The number of hydrogen-bond donors (Lipinski definition) is 2. The van der Waals surface area contributed by atoms with Crippen molar-refractivity contribution in [3.8, 4) is 22.9 Å². The van der Waals surface area contributed by atoms with Crippen molar-refractivity contribution in [3.63, 3.8) is 0 Å². The van der Waals surface area contributed by atoms with Gasteiger partial charge in [0.05, 0.1) is 36.8 Å². The molecule has 0 radical (unpaired) electrons. The van der Waals surface area contributed by atoms with Crippen LogP contribution in [0.1, 0.15) is 34.7 Å². The molecule has 2 atom stereocenters. The number of sulfonamides is 1. The number of anilines is 2. The number of rotatable bonds is 7. The van der Waals surface area contributed by atoms with E-state index >= 15 is 0 Å². The fraction of sp³-hybridized carbons (Fsp3) is 0.241. The summed E-state index contributed by atoms with van der Waals surface area (Å²) in [4.78, 5) is 6.69. The van der Waals surface area contributed by atoms with E-state index in [0.29, 0.717) is 22.3 Å². The van der Waals surface area contributed by atoms with Crippen molar-refractivity contribution in [1.29, 1.82) is 0 Å². The van der Waals surface area contributed by atoms with Gasteiger partial charge in [0.1, 0.15) is 5.75 Å². The molecule has 0 aliphatic carbocycles. The molecule has 0 saturated carbocycles. The molecule has 1 saturated heterocycles. The third-order valence-electron chi connectivity index (χ3n) is 7.26. The van der Waals surface area contributed by atoms with E-state index in [1.165, 1.54) is 7.11 Å². The van der Waals surface area contributed by atoms with Gasteiger partial charge >= 0.3 is 0 Å². The lowest BCUT2D eigenvalue weighted by Gasteiger charge is -2.29. The molecule has 2 aromatic heterocycles. The quantitative estimate of drug-likeness (QED) is 0.294. The summed E-state index contributed by atoms with van der Waals surface area (Å²) >= 11 is 5.90. The smallest absolute Gasteiger partial charge is 0.231 e. The molecule has 4 aromatic rings. The largest absolute Gasteiger partial charge is 0.494 e. The zero-order chi connectivity index (χ0) is 28.9. The average Bonchev–Trinajstić information content (AvgIpc) is 3.63. The molecule has 0 amide bonds. The number of nitrogens with zero attached hydrogens (tertiary/aromatic N) is 3. The van der Waals surface area contributed by atoms with Gasteiger partial charge in [-0.05, 0) is 74.1 Å². The molecule has 41 heavy (non-hydrogen) atoms. The number of methoxy groups -OCH3 is 1. The first-order chi connectivity index (χ1) is 19.6. The molecule has 2 aromatic carbocycles. The van der Waals surface area contributed by atoms with E-state index in [0.717, 1.165) is 46.0 Å². The zero-order valence-corrected chi connectivity index (χ0v) is 24.5. The third kappa shape index (κ3) is 4.93. The topological polar surface area (TPSA) is 107 Å². The van der Waals surface area contributed by atoms with Crippen molar-refractivity contribution in [1.82, 2.24) is 14.9 Å². The summed E-state index contributed by atoms with van der Waals surface area (Å²) in [5, 5.41) is 4.00. The van der Waals surface area contributed by atoms with Crippen LogP contribution in [0.4, 0.5) is 11.4 Å². The molecule has 212 valence electrons. The molecule has 1 fully saturated rings. The highest BCUT2D eigenvalue weighted by atomic mass is 32.2.